The molecule has 3 aromatic rings. The van der Waals surface area contributed by atoms with Crippen LogP contribution in [0.15, 0.2) is 48.5 Å². The van der Waals surface area contributed by atoms with Gasteiger partial charge in [0.25, 0.3) is 11.8 Å². The smallest absolute Gasteiger partial charge is 0.276 e. The lowest BCUT2D eigenvalue weighted by Gasteiger charge is -2.35. The van der Waals surface area contributed by atoms with Crippen molar-refractivity contribution in [1.29, 1.82) is 0 Å². The monoisotopic (exact) mass is 445 g/mol. The van der Waals surface area contributed by atoms with E-state index in [0.717, 1.165) is 22.3 Å². The Balaban J connectivity index is 1.23. The first-order valence-corrected chi connectivity index (χ1v) is 11.3. The molecular formula is C25H27N5O3. The Bertz CT molecular complexity index is 1180. The van der Waals surface area contributed by atoms with Gasteiger partial charge in [-0.1, -0.05) is 53.2 Å². The summed E-state index contributed by atoms with van der Waals surface area (Å²) in [7, 11) is 0. The summed E-state index contributed by atoms with van der Waals surface area (Å²) >= 11 is 0. The van der Waals surface area contributed by atoms with Crippen LogP contribution in [0, 0.1) is 13.8 Å². The van der Waals surface area contributed by atoms with Gasteiger partial charge in [0.05, 0.1) is 18.8 Å². The third-order valence-corrected chi connectivity index (χ3v) is 6.44. The molecule has 2 aliphatic rings. The van der Waals surface area contributed by atoms with E-state index in [9.17, 15) is 9.59 Å². The minimum Gasteiger partial charge on any atom is -0.365 e. The Morgan fingerprint density at radius 3 is 2.33 bits per heavy atom. The van der Waals surface area contributed by atoms with Crippen LogP contribution in [-0.4, -0.2) is 62.8 Å². The number of carbonyl (C=O) groups is 2. The minimum atomic E-state index is -0.156. The first kappa shape index (κ1) is 21.3. The maximum Gasteiger partial charge on any atom is 0.276 e. The van der Waals surface area contributed by atoms with Gasteiger partial charge >= 0.3 is 0 Å². The van der Waals surface area contributed by atoms with Gasteiger partial charge in [0, 0.05) is 31.7 Å². The minimum absolute atomic E-state index is 0.0148. The molecule has 5 rings (SSSR count). The maximum absolute atomic E-state index is 13.2. The third kappa shape index (κ3) is 4.14. The highest BCUT2D eigenvalue weighted by atomic mass is 16.5. The van der Waals surface area contributed by atoms with E-state index < -0.39 is 0 Å². The van der Waals surface area contributed by atoms with Crippen LogP contribution >= 0.6 is 0 Å². The molecule has 1 atom stereocenters. The van der Waals surface area contributed by atoms with Crippen LogP contribution in [0.25, 0.3) is 0 Å². The molecule has 8 heteroatoms. The molecule has 1 aromatic heterocycles. The Hall–Kier alpha value is -3.52. The number of carbonyl (C=O) groups excluding carboxylic acids is 2. The number of hydrogen-bond acceptors (Lipinski definition) is 5. The van der Waals surface area contributed by atoms with E-state index in [1.165, 1.54) is 0 Å². The summed E-state index contributed by atoms with van der Waals surface area (Å²) in [6.45, 7) is 6.71. The molecule has 8 nitrogen and oxygen atoms in total. The number of aryl methyl sites for hydroxylation is 2. The Kier molecular flexibility index (Phi) is 5.68. The molecule has 3 heterocycles. The fraction of sp³-hybridized carbons (Fsp3) is 0.360. The van der Waals surface area contributed by atoms with Gasteiger partial charge in [0.1, 0.15) is 6.10 Å². The van der Waals surface area contributed by atoms with E-state index >= 15 is 0 Å². The molecule has 2 aromatic carbocycles. The fourth-order valence-electron chi connectivity index (χ4n) is 4.53. The van der Waals surface area contributed by atoms with Crippen LogP contribution in [0.1, 0.15) is 49.3 Å². The molecule has 0 radical (unpaired) electrons. The van der Waals surface area contributed by atoms with E-state index in [0.29, 0.717) is 50.7 Å². The third-order valence-electron chi connectivity index (χ3n) is 6.44. The molecule has 2 aliphatic heterocycles. The summed E-state index contributed by atoms with van der Waals surface area (Å²) in [4.78, 5) is 29.7. The van der Waals surface area contributed by atoms with E-state index in [1.54, 1.807) is 9.58 Å². The molecule has 170 valence electrons. The topological polar surface area (TPSA) is 80.6 Å². The number of benzene rings is 2. The van der Waals surface area contributed by atoms with Gasteiger partial charge in [-0.15, -0.1) is 5.10 Å². The average Bonchev–Trinajstić information content (AvgIpc) is 3.27. The summed E-state index contributed by atoms with van der Waals surface area (Å²) < 4.78 is 7.79. The molecule has 0 N–H and O–H groups in total. The van der Waals surface area contributed by atoms with Crippen molar-refractivity contribution in [3.8, 4) is 0 Å². The largest absolute Gasteiger partial charge is 0.365 e. The van der Waals surface area contributed by atoms with Crippen molar-refractivity contribution in [2.45, 2.75) is 33.1 Å². The van der Waals surface area contributed by atoms with Crippen LogP contribution in [0.4, 0.5) is 0 Å². The number of piperazine rings is 1. The number of fused-ring (bicyclic) bond motifs is 1. The Morgan fingerprint density at radius 2 is 1.64 bits per heavy atom. The Labute approximate surface area is 192 Å². The number of aromatic nitrogens is 3. The molecule has 0 aliphatic carbocycles. The van der Waals surface area contributed by atoms with E-state index in [-0.39, 0.29) is 17.9 Å². The van der Waals surface area contributed by atoms with Crippen LogP contribution < -0.4 is 0 Å². The number of rotatable bonds is 3. The van der Waals surface area contributed by atoms with Crippen molar-refractivity contribution in [3.05, 3.63) is 82.2 Å². The van der Waals surface area contributed by atoms with E-state index in [4.69, 9.17) is 4.74 Å². The SMILES string of the molecule is Cc1ccc(C(=O)N2CCN(C(=O)c3nnn4c3CO[C@@H](c3ccccc3)C4)CC2)c(C)c1. The van der Waals surface area contributed by atoms with Crippen molar-refractivity contribution in [3.63, 3.8) is 0 Å². The summed E-state index contributed by atoms with van der Waals surface area (Å²) in [5.74, 6) is -0.141. The van der Waals surface area contributed by atoms with Gasteiger partial charge < -0.3 is 14.5 Å². The predicted octanol–water partition coefficient (Wildman–Crippen LogP) is 2.76. The van der Waals surface area contributed by atoms with Gasteiger partial charge in [-0.05, 0) is 31.0 Å². The van der Waals surface area contributed by atoms with E-state index in [1.807, 2.05) is 67.3 Å². The Morgan fingerprint density at radius 1 is 0.939 bits per heavy atom. The highest BCUT2D eigenvalue weighted by molar-refractivity contribution is 5.96. The molecule has 0 saturated carbocycles. The second kappa shape index (κ2) is 8.78. The van der Waals surface area contributed by atoms with Crippen LogP contribution in [0.5, 0.6) is 0 Å². The lowest BCUT2D eigenvalue weighted by Crippen LogP contribution is -2.51. The molecule has 0 bridgehead atoms. The fourth-order valence-corrected chi connectivity index (χ4v) is 4.53. The second-order valence-electron chi connectivity index (χ2n) is 8.68. The summed E-state index contributed by atoms with van der Waals surface area (Å²) in [6, 6.07) is 15.8. The van der Waals surface area contributed by atoms with Gasteiger partial charge in [0.15, 0.2) is 5.69 Å². The molecule has 0 spiro atoms. The summed E-state index contributed by atoms with van der Waals surface area (Å²) in [5, 5.41) is 8.41. The van der Waals surface area contributed by atoms with Gasteiger partial charge in [-0.3, -0.25) is 9.59 Å². The molecule has 2 amide bonds. The summed E-state index contributed by atoms with van der Waals surface area (Å²) in [5.41, 5.74) is 4.96. The van der Waals surface area contributed by atoms with Crippen molar-refractivity contribution in [2.24, 2.45) is 0 Å². The zero-order valence-electron chi connectivity index (χ0n) is 18.9. The molecule has 1 fully saturated rings. The normalized spacial score (nSPS) is 18.2. The van der Waals surface area contributed by atoms with Crippen molar-refractivity contribution in [2.75, 3.05) is 26.2 Å². The van der Waals surface area contributed by atoms with Gasteiger partial charge in [-0.25, -0.2) is 4.68 Å². The highest BCUT2D eigenvalue weighted by Gasteiger charge is 2.32. The average molecular weight is 446 g/mol. The standard InChI is InChI=1S/C25H27N5O3/c1-17-8-9-20(18(2)14-17)24(31)28-10-12-29(13-11-28)25(32)23-21-16-33-22(15-30(21)27-26-23)19-6-4-3-5-7-19/h3-9,14,22H,10-13,15-16H2,1-2H3/t22-/m1/s1. The zero-order valence-corrected chi connectivity index (χ0v) is 18.9. The summed E-state index contributed by atoms with van der Waals surface area (Å²) in [6.07, 6.45) is -0.108. The number of nitrogens with zero attached hydrogens (tertiary/aromatic N) is 5. The van der Waals surface area contributed by atoms with Crippen LogP contribution in [-0.2, 0) is 17.9 Å². The number of amides is 2. The predicted molar refractivity (Wildman–Crippen MR) is 122 cm³/mol. The van der Waals surface area contributed by atoms with Gasteiger partial charge in [-0.2, -0.15) is 0 Å². The number of hydrogen-bond donors (Lipinski definition) is 0. The van der Waals surface area contributed by atoms with Crippen molar-refractivity contribution < 1.29 is 14.3 Å². The zero-order chi connectivity index (χ0) is 22.9. The quantitative estimate of drug-likeness (QED) is 0.619. The van der Waals surface area contributed by atoms with Crippen molar-refractivity contribution >= 4 is 11.8 Å². The lowest BCUT2D eigenvalue weighted by molar-refractivity contribution is -0.00202. The maximum atomic E-state index is 13.2. The van der Waals surface area contributed by atoms with E-state index in [2.05, 4.69) is 10.3 Å². The molecule has 0 unspecified atom stereocenters. The van der Waals surface area contributed by atoms with Crippen LogP contribution in [0.3, 0.4) is 0 Å². The van der Waals surface area contributed by atoms with Gasteiger partial charge in [0.2, 0.25) is 0 Å². The first-order chi connectivity index (χ1) is 16.0. The number of ether oxygens (including phenoxy) is 1. The molecule has 33 heavy (non-hydrogen) atoms. The van der Waals surface area contributed by atoms with Crippen molar-refractivity contribution in [1.82, 2.24) is 24.8 Å². The first-order valence-electron chi connectivity index (χ1n) is 11.3. The highest BCUT2D eigenvalue weighted by Crippen LogP contribution is 2.27. The molecule has 1 saturated heterocycles. The molecular weight excluding hydrogens is 418 g/mol. The second-order valence-corrected chi connectivity index (χ2v) is 8.68. The lowest BCUT2D eigenvalue weighted by atomic mass is 10.0. The van der Waals surface area contributed by atoms with Crippen LogP contribution in [0.2, 0.25) is 0 Å².